The molecule has 0 aliphatic heterocycles. The summed E-state index contributed by atoms with van der Waals surface area (Å²) in [5.41, 5.74) is 1.74. The lowest BCUT2D eigenvalue weighted by molar-refractivity contribution is -0.130. The van der Waals surface area contributed by atoms with Crippen LogP contribution in [-0.4, -0.2) is 48.4 Å². The van der Waals surface area contributed by atoms with Gasteiger partial charge in [-0.1, -0.05) is 32.9 Å². The maximum atomic E-state index is 12.2. The van der Waals surface area contributed by atoms with Crippen molar-refractivity contribution in [2.75, 3.05) is 32.0 Å². The van der Waals surface area contributed by atoms with Gasteiger partial charge in [0.25, 0.3) is 0 Å². The van der Waals surface area contributed by atoms with E-state index < -0.39 is 0 Å². The maximum absolute atomic E-state index is 12.2. The number of anilines is 1. The molecule has 0 atom stereocenters. The average Bonchev–Trinajstić information content (AvgIpc) is 2.48. The summed E-state index contributed by atoms with van der Waals surface area (Å²) in [6.07, 6.45) is 0.389. The minimum atomic E-state index is -0.128. The number of hydrogen-bond acceptors (Lipinski definition) is 2. The van der Waals surface area contributed by atoms with Gasteiger partial charge in [-0.3, -0.25) is 4.79 Å². The zero-order valence-corrected chi connectivity index (χ0v) is 15.8. The fraction of sp³-hybridized carbons (Fsp3) is 0.579. The van der Waals surface area contributed by atoms with E-state index in [2.05, 4.69) is 26.1 Å². The topological polar surface area (TPSA) is 52.7 Å². The van der Waals surface area contributed by atoms with Gasteiger partial charge in [0, 0.05) is 32.4 Å². The van der Waals surface area contributed by atoms with Crippen molar-refractivity contribution in [3.8, 4) is 0 Å². The maximum Gasteiger partial charge on any atom is 0.321 e. The highest BCUT2D eigenvalue weighted by Gasteiger charge is 2.17. The number of urea groups is 1. The summed E-state index contributed by atoms with van der Waals surface area (Å²) in [6.45, 7) is 12.4. The third-order valence-electron chi connectivity index (χ3n) is 3.73. The molecule has 0 aromatic heterocycles. The Labute approximate surface area is 146 Å². The molecule has 1 rings (SSSR count). The van der Waals surface area contributed by atoms with Gasteiger partial charge in [-0.2, -0.15) is 0 Å². The predicted molar refractivity (Wildman–Crippen MR) is 99.2 cm³/mol. The number of amides is 3. The van der Waals surface area contributed by atoms with Gasteiger partial charge in [0.05, 0.1) is 6.42 Å². The Hall–Kier alpha value is -2.04. The number of carbonyl (C=O) groups excluding carboxylic acids is 2. The first-order valence-corrected chi connectivity index (χ1v) is 8.55. The summed E-state index contributed by atoms with van der Waals surface area (Å²) in [4.78, 5) is 27.8. The number of carbonyl (C=O) groups is 2. The molecule has 134 valence electrons. The molecular weight excluding hydrogens is 302 g/mol. The van der Waals surface area contributed by atoms with Crippen molar-refractivity contribution in [1.82, 2.24) is 9.80 Å². The molecule has 5 nitrogen and oxygen atoms in total. The van der Waals surface area contributed by atoms with Crippen molar-refractivity contribution in [3.63, 3.8) is 0 Å². The van der Waals surface area contributed by atoms with Gasteiger partial charge < -0.3 is 15.1 Å². The zero-order chi connectivity index (χ0) is 18.3. The fourth-order valence-corrected chi connectivity index (χ4v) is 2.57. The third-order valence-corrected chi connectivity index (χ3v) is 3.73. The van der Waals surface area contributed by atoms with Crippen molar-refractivity contribution in [1.29, 1.82) is 0 Å². The van der Waals surface area contributed by atoms with Gasteiger partial charge in [0.2, 0.25) is 5.91 Å². The number of rotatable bonds is 6. The first kappa shape index (κ1) is 20.0. The highest BCUT2D eigenvalue weighted by molar-refractivity contribution is 5.89. The van der Waals surface area contributed by atoms with Crippen LogP contribution in [0.5, 0.6) is 0 Å². The second-order valence-electron chi connectivity index (χ2n) is 7.29. The summed E-state index contributed by atoms with van der Waals surface area (Å²) < 4.78 is 0. The minimum absolute atomic E-state index is 0.0563. The molecule has 0 heterocycles. The fourth-order valence-electron chi connectivity index (χ4n) is 2.57. The largest absolute Gasteiger partial charge is 0.343 e. The zero-order valence-electron chi connectivity index (χ0n) is 15.8. The van der Waals surface area contributed by atoms with Crippen molar-refractivity contribution in [2.24, 2.45) is 5.41 Å². The Bertz CT molecular complexity index is 543. The summed E-state index contributed by atoms with van der Waals surface area (Å²) in [6, 6.07) is 7.33. The highest BCUT2D eigenvalue weighted by Crippen LogP contribution is 2.16. The van der Waals surface area contributed by atoms with Gasteiger partial charge in [0.1, 0.15) is 0 Å². The van der Waals surface area contributed by atoms with Crippen LogP contribution in [0.3, 0.4) is 0 Å². The second-order valence-corrected chi connectivity index (χ2v) is 7.29. The summed E-state index contributed by atoms with van der Waals surface area (Å²) in [5, 5.41) is 2.88. The molecule has 1 N–H and O–H groups in total. The van der Waals surface area contributed by atoms with E-state index >= 15 is 0 Å². The van der Waals surface area contributed by atoms with Gasteiger partial charge in [-0.25, -0.2) is 4.79 Å². The molecule has 0 fully saturated rings. The molecule has 0 saturated heterocycles. The van der Waals surface area contributed by atoms with Crippen LogP contribution >= 0.6 is 0 Å². The summed E-state index contributed by atoms with van der Waals surface area (Å²) in [7, 11) is 1.79. The van der Waals surface area contributed by atoms with Crippen LogP contribution in [-0.2, 0) is 11.2 Å². The molecular formula is C19H31N3O2. The Balaban J connectivity index is 2.61. The Morgan fingerprint density at radius 3 is 2.04 bits per heavy atom. The van der Waals surface area contributed by atoms with Crippen LogP contribution in [0.4, 0.5) is 10.5 Å². The minimum Gasteiger partial charge on any atom is -0.343 e. The first-order valence-electron chi connectivity index (χ1n) is 8.55. The third kappa shape index (κ3) is 6.60. The molecule has 5 heteroatoms. The molecule has 0 radical (unpaired) electrons. The molecule has 1 aromatic rings. The molecule has 0 aliphatic rings. The van der Waals surface area contributed by atoms with E-state index in [4.69, 9.17) is 0 Å². The number of likely N-dealkylation sites (N-methyl/N-ethyl adjacent to an activating group) is 1. The van der Waals surface area contributed by atoms with Gasteiger partial charge in [0.15, 0.2) is 0 Å². The molecule has 24 heavy (non-hydrogen) atoms. The Morgan fingerprint density at radius 2 is 1.58 bits per heavy atom. The number of benzene rings is 1. The van der Waals surface area contributed by atoms with Crippen molar-refractivity contribution in [3.05, 3.63) is 29.8 Å². The van der Waals surface area contributed by atoms with Crippen LogP contribution in [0, 0.1) is 5.41 Å². The van der Waals surface area contributed by atoms with Crippen molar-refractivity contribution in [2.45, 2.75) is 41.0 Å². The van der Waals surface area contributed by atoms with Crippen molar-refractivity contribution >= 4 is 17.6 Å². The van der Waals surface area contributed by atoms with Crippen LogP contribution < -0.4 is 5.32 Å². The highest BCUT2D eigenvalue weighted by atomic mass is 16.2. The lowest BCUT2D eigenvalue weighted by Crippen LogP contribution is -2.37. The molecule has 0 aliphatic carbocycles. The number of nitrogens with zero attached hydrogens (tertiary/aromatic N) is 2. The Kier molecular flexibility index (Phi) is 7.26. The van der Waals surface area contributed by atoms with Crippen LogP contribution in [0.25, 0.3) is 0 Å². The predicted octanol–water partition coefficient (Wildman–Crippen LogP) is 3.61. The van der Waals surface area contributed by atoms with Crippen LogP contribution in [0.2, 0.25) is 0 Å². The second kappa shape index (κ2) is 8.71. The average molecular weight is 333 g/mol. The molecule has 0 unspecified atom stereocenters. The van der Waals surface area contributed by atoms with Gasteiger partial charge >= 0.3 is 6.03 Å². The molecule has 0 bridgehead atoms. The van der Waals surface area contributed by atoms with E-state index in [0.29, 0.717) is 13.0 Å². The van der Waals surface area contributed by atoms with Crippen LogP contribution in [0.15, 0.2) is 24.3 Å². The summed E-state index contributed by atoms with van der Waals surface area (Å²) >= 11 is 0. The van der Waals surface area contributed by atoms with E-state index in [9.17, 15) is 9.59 Å². The molecule has 3 amide bonds. The monoisotopic (exact) mass is 333 g/mol. The normalized spacial score (nSPS) is 11.1. The molecule has 0 saturated carbocycles. The lowest BCUT2D eigenvalue weighted by Gasteiger charge is -2.26. The number of nitrogens with one attached hydrogen (secondary N) is 1. The standard InChI is InChI=1S/C19H31N3O2/c1-7-22(8-2)17(23)13-15-9-11-16(12-10-15)20-18(24)21(6)14-19(3,4)5/h9-12H,7-8,13-14H2,1-6H3,(H,20,24). The number of hydrogen-bond donors (Lipinski definition) is 1. The lowest BCUT2D eigenvalue weighted by atomic mass is 9.96. The molecule has 0 spiro atoms. The molecule has 1 aromatic carbocycles. The summed E-state index contributed by atoms with van der Waals surface area (Å²) in [5.74, 6) is 0.127. The van der Waals surface area contributed by atoms with E-state index in [1.807, 2.05) is 43.0 Å². The van der Waals surface area contributed by atoms with Crippen molar-refractivity contribution < 1.29 is 9.59 Å². The van der Waals surface area contributed by atoms with Gasteiger partial charge in [-0.05, 0) is 37.0 Å². The van der Waals surface area contributed by atoms with E-state index in [0.717, 1.165) is 24.3 Å². The quantitative estimate of drug-likeness (QED) is 0.864. The SMILES string of the molecule is CCN(CC)C(=O)Cc1ccc(NC(=O)N(C)CC(C)(C)C)cc1. The smallest absolute Gasteiger partial charge is 0.321 e. The van der Waals surface area contributed by atoms with Gasteiger partial charge in [-0.15, -0.1) is 0 Å². The Morgan fingerprint density at radius 1 is 1.04 bits per heavy atom. The van der Waals surface area contributed by atoms with E-state index in [-0.39, 0.29) is 17.4 Å². The first-order chi connectivity index (χ1) is 11.2. The van der Waals surface area contributed by atoms with Crippen LogP contribution in [0.1, 0.15) is 40.2 Å². The van der Waals surface area contributed by atoms with E-state index in [1.165, 1.54) is 0 Å². The van der Waals surface area contributed by atoms with E-state index in [1.54, 1.807) is 11.9 Å².